The van der Waals surface area contributed by atoms with E-state index in [-0.39, 0.29) is 56.5 Å². The van der Waals surface area contributed by atoms with Crippen LogP contribution >= 0.6 is 0 Å². The molecule has 2 heterocycles. The van der Waals surface area contributed by atoms with Crippen molar-refractivity contribution in [3.8, 4) is 0 Å². The van der Waals surface area contributed by atoms with E-state index in [0.717, 1.165) is 5.01 Å². The topological polar surface area (TPSA) is 108 Å². The molecule has 1 aromatic carbocycles. The summed E-state index contributed by atoms with van der Waals surface area (Å²) >= 11 is 0. The molecule has 0 spiro atoms. The Kier molecular flexibility index (Phi) is 4.99. The van der Waals surface area contributed by atoms with Gasteiger partial charge in [0.2, 0.25) is 5.91 Å². The lowest BCUT2D eigenvalue weighted by molar-refractivity contribution is -0.146. The molecule has 26 heavy (non-hydrogen) atoms. The summed E-state index contributed by atoms with van der Waals surface area (Å²) in [5, 5.41) is 17.1. The van der Waals surface area contributed by atoms with Crippen LogP contribution in [0.5, 0.6) is 0 Å². The van der Waals surface area contributed by atoms with Gasteiger partial charge in [-0.25, -0.2) is 14.2 Å². The van der Waals surface area contributed by atoms with E-state index in [1.54, 1.807) is 0 Å². The number of hydrazone groups is 1. The molecule has 8 nitrogen and oxygen atoms in total. The largest absolute Gasteiger partial charge is 0.479 e. The quantitative estimate of drug-likeness (QED) is 0.799. The normalized spacial score (nSPS) is 22.9. The second kappa shape index (κ2) is 7.20. The molecule has 2 amide bonds. The second-order valence-corrected chi connectivity index (χ2v) is 6.27. The van der Waals surface area contributed by atoms with Crippen LogP contribution < -0.4 is 5.32 Å². The number of carboxylic acid groups (broad SMARTS) is 1. The van der Waals surface area contributed by atoms with Gasteiger partial charge in [0.05, 0.1) is 13.2 Å². The molecule has 0 aromatic heterocycles. The zero-order valence-electron chi connectivity index (χ0n) is 13.9. The first kappa shape index (κ1) is 18.0. The molecule has 1 unspecified atom stereocenters. The first-order valence-corrected chi connectivity index (χ1v) is 8.15. The first-order chi connectivity index (χ1) is 12.4. The highest BCUT2D eigenvalue weighted by Crippen LogP contribution is 2.20. The number of benzene rings is 1. The van der Waals surface area contributed by atoms with E-state index >= 15 is 0 Å². The summed E-state index contributed by atoms with van der Waals surface area (Å²) in [7, 11) is 0. The van der Waals surface area contributed by atoms with Gasteiger partial charge in [0, 0.05) is 25.9 Å². The van der Waals surface area contributed by atoms with Gasteiger partial charge in [0.1, 0.15) is 11.5 Å². The molecule has 2 aliphatic rings. The van der Waals surface area contributed by atoms with Gasteiger partial charge in [-0.05, 0) is 17.7 Å². The van der Waals surface area contributed by atoms with Crippen LogP contribution in [0.25, 0.3) is 0 Å². The molecule has 1 aromatic rings. The third-order valence-electron chi connectivity index (χ3n) is 4.40. The highest BCUT2D eigenvalue weighted by molar-refractivity contribution is 6.40. The smallest absolute Gasteiger partial charge is 0.331 e. The summed E-state index contributed by atoms with van der Waals surface area (Å²) in [5.41, 5.74) is -0.723. The average Bonchev–Trinajstić information content (AvgIpc) is 3.08. The van der Waals surface area contributed by atoms with E-state index in [1.165, 1.54) is 24.3 Å². The summed E-state index contributed by atoms with van der Waals surface area (Å²) in [4.78, 5) is 36.0. The number of carbonyl (C=O) groups excluding carboxylic acids is 2. The zero-order chi connectivity index (χ0) is 18.7. The molecule has 2 N–H and O–H groups in total. The molecule has 0 saturated carbocycles. The standard InChI is InChI=1S/C17H18FN3O5/c18-12-3-1-11(2-4-12)9-21-14(22)6-5-13(20-21)15(23)19-17(16(24)25)7-8-26-10-17/h1-4H,5-10H2,(H,19,23)(H,24,25). The summed E-state index contributed by atoms with van der Waals surface area (Å²) < 4.78 is 18.1. The van der Waals surface area contributed by atoms with Crippen molar-refractivity contribution in [1.29, 1.82) is 0 Å². The van der Waals surface area contributed by atoms with Crippen LogP contribution in [0.1, 0.15) is 24.8 Å². The Morgan fingerprint density at radius 1 is 1.31 bits per heavy atom. The summed E-state index contributed by atoms with van der Waals surface area (Å²) in [6.07, 6.45) is 0.380. The van der Waals surface area contributed by atoms with Gasteiger partial charge >= 0.3 is 5.97 Å². The number of ether oxygens (including phenoxy) is 1. The molecule has 1 fully saturated rings. The van der Waals surface area contributed by atoms with Crippen molar-refractivity contribution in [2.45, 2.75) is 31.3 Å². The van der Waals surface area contributed by atoms with Crippen LogP contribution in [0.15, 0.2) is 29.4 Å². The maximum Gasteiger partial charge on any atom is 0.331 e. The number of amides is 2. The van der Waals surface area contributed by atoms with Crippen LogP contribution in [0.2, 0.25) is 0 Å². The minimum atomic E-state index is -1.47. The van der Waals surface area contributed by atoms with Crippen molar-refractivity contribution >= 4 is 23.5 Å². The third kappa shape index (κ3) is 3.72. The first-order valence-electron chi connectivity index (χ1n) is 8.15. The van der Waals surface area contributed by atoms with Crippen LogP contribution in [-0.4, -0.2) is 52.4 Å². The Hall–Kier alpha value is -2.81. The molecule has 138 valence electrons. The molecule has 0 radical (unpaired) electrons. The fourth-order valence-corrected chi connectivity index (χ4v) is 2.83. The average molecular weight is 363 g/mol. The van der Waals surface area contributed by atoms with Crippen LogP contribution in [0, 0.1) is 5.82 Å². The van der Waals surface area contributed by atoms with E-state index in [9.17, 15) is 23.9 Å². The Morgan fingerprint density at radius 3 is 2.65 bits per heavy atom. The number of carbonyl (C=O) groups is 3. The second-order valence-electron chi connectivity index (χ2n) is 6.27. The molecule has 0 bridgehead atoms. The minimum absolute atomic E-state index is 0.0826. The van der Waals surface area contributed by atoms with Crippen molar-refractivity contribution in [1.82, 2.24) is 10.3 Å². The van der Waals surface area contributed by atoms with Gasteiger partial charge in [-0.2, -0.15) is 5.10 Å². The van der Waals surface area contributed by atoms with Gasteiger partial charge in [-0.1, -0.05) is 12.1 Å². The van der Waals surface area contributed by atoms with Crippen molar-refractivity contribution in [3.63, 3.8) is 0 Å². The lowest BCUT2D eigenvalue weighted by atomic mass is 9.98. The third-order valence-corrected chi connectivity index (χ3v) is 4.40. The van der Waals surface area contributed by atoms with Crippen molar-refractivity contribution < 1.29 is 28.6 Å². The number of halogens is 1. The number of rotatable bonds is 5. The van der Waals surface area contributed by atoms with Crippen molar-refractivity contribution in [3.05, 3.63) is 35.6 Å². The SMILES string of the molecule is O=C(NC1(C(=O)O)CCOC1)C1=NN(Cc2ccc(F)cc2)C(=O)CC1. The Bertz CT molecular complexity index is 756. The molecular formula is C17H18FN3O5. The summed E-state index contributed by atoms with van der Waals surface area (Å²) in [5.74, 6) is -2.45. The van der Waals surface area contributed by atoms with Gasteiger partial charge in [-0.3, -0.25) is 9.59 Å². The molecule has 9 heteroatoms. The zero-order valence-corrected chi connectivity index (χ0v) is 13.9. The van der Waals surface area contributed by atoms with Crippen LogP contribution in [-0.2, 0) is 25.7 Å². The van der Waals surface area contributed by atoms with Gasteiger partial charge in [0.25, 0.3) is 5.91 Å². The lowest BCUT2D eigenvalue weighted by Gasteiger charge is -2.27. The van der Waals surface area contributed by atoms with Crippen molar-refractivity contribution in [2.24, 2.45) is 5.10 Å². The predicted molar refractivity (Wildman–Crippen MR) is 87.6 cm³/mol. The summed E-state index contributed by atoms with van der Waals surface area (Å²) in [6, 6.07) is 5.61. The fourth-order valence-electron chi connectivity index (χ4n) is 2.83. The highest BCUT2D eigenvalue weighted by atomic mass is 19.1. The minimum Gasteiger partial charge on any atom is -0.479 e. The molecule has 3 rings (SSSR count). The maximum atomic E-state index is 13.0. The lowest BCUT2D eigenvalue weighted by Crippen LogP contribution is -2.57. The molecule has 0 aliphatic carbocycles. The monoisotopic (exact) mass is 363 g/mol. The number of nitrogens with zero attached hydrogens (tertiary/aromatic N) is 2. The molecule has 1 atom stereocenters. The van der Waals surface area contributed by atoms with E-state index < -0.39 is 17.4 Å². The predicted octanol–water partition coefficient (Wildman–Crippen LogP) is 0.664. The van der Waals surface area contributed by atoms with E-state index in [0.29, 0.717) is 5.56 Å². The van der Waals surface area contributed by atoms with Crippen LogP contribution in [0.3, 0.4) is 0 Å². The molecule has 1 saturated heterocycles. The molecular weight excluding hydrogens is 345 g/mol. The Labute approximate surface area is 148 Å². The van der Waals surface area contributed by atoms with E-state index in [1.807, 2.05) is 0 Å². The number of nitrogens with one attached hydrogen (secondary N) is 1. The Balaban J connectivity index is 1.74. The van der Waals surface area contributed by atoms with E-state index in [2.05, 4.69) is 10.4 Å². The van der Waals surface area contributed by atoms with Gasteiger partial charge < -0.3 is 15.2 Å². The number of hydrogen-bond donors (Lipinski definition) is 2. The van der Waals surface area contributed by atoms with Crippen LogP contribution in [0.4, 0.5) is 4.39 Å². The van der Waals surface area contributed by atoms with E-state index in [4.69, 9.17) is 4.74 Å². The van der Waals surface area contributed by atoms with Crippen molar-refractivity contribution in [2.75, 3.05) is 13.2 Å². The van der Waals surface area contributed by atoms with Gasteiger partial charge in [0.15, 0.2) is 5.54 Å². The number of carboxylic acids is 1. The number of hydrogen-bond acceptors (Lipinski definition) is 5. The fraction of sp³-hybridized carbons (Fsp3) is 0.412. The number of aliphatic carboxylic acids is 1. The Morgan fingerprint density at radius 2 is 2.04 bits per heavy atom. The molecule has 2 aliphatic heterocycles. The summed E-state index contributed by atoms with van der Waals surface area (Å²) in [6.45, 7) is 0.233. The highest BCUT2D eigenvalue weighted by Gasteiger charge is 2.44. The maximum absolute atomic E-state index is 13.0. The van der Waals surface area contributed by atoms with Gasteiger partial charge in [-0.15, -0.1) is 0 Å².